The maximum absolute atomic E-state index is 4.93. The van der Waals surface area contributed by atoms with E-state index in [1.807, 2.05) is 0 Å². The van der Waals surface area contributed by atoms with Crippen molar-refractivity contribution in [2.24, 2.45) is 0 Å². The zero-order valence-electron chi connectivity index (χ0n) is 26.2. The maximum atomic E-state index is 4.93. The maximum Gasteiger partial charge on any atom is 0.114 e. The highest BCUT2D eigenvalue weighted by atomic mass is 15.1. The molecule has 0 amide bonds. The molecule has 0 bridgehead atoms. The van der Waals surface area contributed by atoms with E-state index in [0.29, 0.717) is 0 Å². The van der Waals surface area contributed by atoms with E-state index in [9.17, 15) is 0 Å². The molecule has 1 aromatic heterocycles. The van der Waals surface area contributed by atoms with Crippen LogP contribution < -0.4 is 0 Å². The van der Waals surface area contributed by atoms with E-state index in [1.165, 1.54) is 65.7 Å². The Labute approximate surface area is 274 Å². The quantitative estimate of drug-likeness (QED) is 0.180. The second kappa shape index (κ2) is 11.1. The predicted molar refractivity (Wildman–Crippen MR) is 199 cm³/mol. The highest BCUT2D eigenvalue weighted by molar-refractivity contribution is 6.22. The molecule has 2 nitrogen and oxygen atoms in total. The van der Waals surface area contributed by atoms with Gasteiger partial charge in [0.1, 0.15) is 5.82 Å². The fraction of sp³-hybridized carbons (Fsp3) is 0.0444. The minimum absolute atomic E-state index is 0.865. The van der Waals surface area contributed by atoms with Crippen LogP contribution in [0.25, 0.3) is 82.4 Å². The molecule has 0 aliphatic heterocycles. The van der Waals surface area contributed by atoms with Gasteiger partial charge in [0.05, 0.1) is 11.0 Å². The third-order valence-corrected chi connectivity index (χ3v) is 9.55. The molecule has 9 rings (SSSR count). The molecule has 0 N–H and O–H groups in total. The van der Waals surface area contributed by atoms with Crippen LogP contribution in [0.15, 0.2) is 164 Å². The lowest BCUT2D eigenvalue weighted by molar-refractivity contribution is 0.908. The van der Waals surface area contributed by atoms with Crippen molar-refractivity contribution >= 4 is 43.4 Å². The molecule has 0 aliphatic rings. The first-order chi connectivity index (χ1) is 23.3. The summed E-state index contributed by atoms with van der Waals surface area (Å²) in [4.78, 5) is 4.93. The predicted octanol–water partition coefficient (Wildman–Crippen LogP) is 12.0. The number of aryl methyl sites for hydroxylation is 1. The third-order valence-electron chi connectivity index (χ3n) is 9.55. The number of aromatic nitrogens is 2. The lowest BCUT2D eigenvalue weighted by atomic mass is 9.84. The molecule has 0 spiro atoms. The average Bonchev–Trinajstić information content (AvgIpc) is 3.53. The highest BCUT2D eigenvalue weighted by Gasteiger charge is 2.18. The van der Waals surface area contributed by atoms with Crippen LogP contribution in [0.3, 0.4) is 0 Å². The monoisotopic (exact) mass is 600 g/mol. The van der Waals surface area contributed by atoms with Gasteiger partial charge in [0.25, 0.3) is 0 Å². The first kappa shape index (κ1) is 27.3. The van der Waals surface area contributed by atoms with Crippen molar-refractivity contribution in [1.82, 2.24) is 9.55 Å². The van der Waals surface area contributed by atoms with Gasteiger partial charge in [-0.3, -0.25) is 4.57 Å². The molecule has 0 radical (unpaired) electrons. The Hall–Kier alpha value is -5.99. The van der Waals surface area contributed by atoms with Gasteiger partial charge in [0.15, 0.2) is 0 Å². The minimum atomic E-state index is 0.865. The molecule has 2 heteroatoms. The van der Waals surface area contributed by atoms with Crippen molar-refractivity contribution < 1.29 is 0 Å². The summed E-state index contributed by atoms with van der Waals surface area (Å²) in [6.07, 6.45) is 0.865. The van der Waals surface area contributed by atoms with E-state index >= 15 is 0 Å². The molecule has 0 atom stereocenters. The standard InChI is InChI=1S/C45H32N2/c1-2-43-46-41-21-10-11-22-42(41)47(43)34-26-23-32(24-27-34)45-38-19-9-8-18-37(38)44(31-14-4-3-5-15-31)39-28-25-33(29-40(39)45)36-20-12-16-30-13-6-7-17-35(30)36/h3-29H,2H2,1H3. The molecule has 47 heavy (non-hydrogen) atoms. The number of hydrogen-bond donors (Lipinski definition) is 0. The normalized spacial score (nSPS) is 11.6. The van der Waals surface area contributed by atoms with Crippen molar-refractivity contribution in [2.75, 3.05) is 0 Å². The number of nitrogens with zero attached hydrogens (tertiary/aromatic N) is 2. The van der Waals surface area contributed by atoms with Crippen LogP contribution in [0.1, 0.15) is 12.7 Å². The van der Waals surface area contributed by atoms with E-state index in [0.717, 1.165) is 29.0 Å². The Morgan fingerprint density at radius 3 is 1.85 bits per heavy atom. The molecule has 0 saturated heterocycles. The number of imidazole rings is 1. The number of hydrogen-bond acceptors (Lipinski definition) is 1. The zero-order chi connectivity index (χ0) is 31.3. The van der Waals surface area contributed by atoms with Gasteiger partial charge in [0, 0.05) is 12.1 Å². The first-order valence-corrected chi connectivity index (χ1v) is 16.4. The highest BCUT2D eigenvalue weighted by Crippen LogP contribution is 2.45. The van der Waals surface area contributed by atoms with Gasteiger partial charge < -0.3 is 0 Å². The van der Waals surface area contributed by atoms with E-state index in [-0.39, 0.29) is 0 Å². The molecule has 0 fully saturated rings. The van der Waals surface area contributed by atoms with Gasteiger partial charge >= 0.3 is 0 Å². The molecule has 0 aliphatic carbocycles. The van der Waals surface area contributed by atoms with Crippen LogP contribution in [0.5, 0.6) is 0 Å². The summed E-state index contributed by atoms with van der Waals surface area (Å²) in [6.45, 7) is 2.17. The summed E-state index contributed by atoms with van der Waals surface area (Å²) in [5.41, 5.74) is 10.7. The molecule has 0 unspecified atom stereocenters. The summed E-state index contributed by atoms with van der Waals surface area (Å²) in [5, 5.41) is 7.54. The molecular formula is C45H32N2. The van der Waals surface area contributed by atoms with Crippen LogP contribution in [0, 0.1) is 0 Å². The largest absolute Gasteiger partial charge is 0.296 e. The second-order valence-corrected chi connectivity index (χ2v) is 12.2. The Morgan fingerprint density at radius 1 is 0.468 bits per heavy atom. The molecule has 1 heterocycles. The van der Waals surface area contributed by atoms with Crippen LogP contribution in [0.2, 0.25) is 0 Å². The fourth-order valence-electron chi connectivity index (χ4n) is 7.43. The van der Waals surface area contributed by atoms with Crippen molar-refractivity contribution in [2.45, 2.75) is 13.3 Å². The SMILES string of the molecule is CCc1nc2ccccc2n1-c1ccc(-c2c3ccccc3c(-c3ccccc3)c3ccc(-c4cccc5ccccc45)cc23)cc1. The fourth-order valence-corrected chi connectivity index (χ4v) is 7.43. The van der Waals surface area contributed by atoms with Crippen molar-refractivity contribution in [1.29, 1.82) is 0 Å². The van der Waals surface area contributed by atoms with Crippen LogP contribution in [-0.2, 0) is 6.42 Å². The summed E-state index contributed by atoms with van der Waals surface area (Å²) in [7, 11) is 0. The summed E-state index contributed by atoms with van der Waals surface area (Å²) < 4.78 is 2.30. The lowest BCUT2D eigenvalue weighted by Gasteiger charge is -2.19. The van der Waals surface area contributed by atoms with Crippen molar-refractivity contribution in [3.63, 3.8) is 0 Å². The van der Waals surface area contributed by atoms with Crippen LogP contribution >= 0.6 is 0 Å². The van der Waals surface area contributed by atoms with Gasteiger partial charge in [0.2, 0.25) is 0 Å². The first-order valence-electron chi connectivity index (χ1n) is 16.4. The average molecular weight is 601 g/mol. The third kappa shape index (κ3) is 4.45. The van der Waals surface area contributed by atoms with Crippen molar-refractivity contribution in [3.8, 4) is 39.1 Å². The lowest BCUT2D eigenvalue weighted by Crippen LogP contribution is -2.00. The smallest absolute Gasteiger partial charge is 0.114 e. The number of fused-ring (bicyclic) bond motifs is 4. The number of benzene rings is 8. The summed E-state index contributed by atoms with van der Waals surface area (Å²) in [6, 6.07) is 59.5. The van der Waals surface area contributed by atoms with E-state index in [1.54, 1.807) is 0 Å². The number of rotatable bonds is 5. The van der Waals surface area contributed by atoms with E-state index in [2.05, 4.69) is 175 Å². The zero-order valence-corrected chi connectivity index (χ0v) is 26.2. The Balaban J connectivity index is 1.33. The molecular weight excluding hydrogens is 569 g/mol. The summed E-state index contributed by atoms with van der Waals surface area (Å²) >= 11 is 0. The van der Waals surface area contributed by atoms with Crippen LogP contribution in [-0.4, -0.2) is 9.55 Å². The van der Waals surface area contributed by atoms with Gasteiger partial charge in [-0.15, -0.1) is 0 Å². The number of para-hydroxylation sites is 2. The molecule has 222 valence electrons. The van der Waals surface area contributed by atoms with E-state index in [4.69, 9.17) is 4.98 Å². The Kier molecular flexibility index (Phi) is 6.46. The molecule has 8 aromatic carbocycles. The molecule has 9 aromatic rings. The second-order valence-electron chi connectivity index (χ2n) is 12.2. The topological polar surface area (TPSA) is 17.8 Å². The summed E-state index contributed by atoms with van der Waals surface area (Å²) in [5.74, 6) is 1.07. The van der Waals surface area contributed by atoms with Crippen molar-refractivity contribution in [3.05, 3.63) is 170 Å². The Morgan fingerprint density at radius 2 is 1.06 bits per heavy atom. The van der Waals surface area contributed by atoms with Crippen LogP contribution in [0.4, 0.5) is 0 Å². The van der Waals surface area contributed by atoms with Gasteiger partial charge in [-0.25, -0.2) is 4.98 Å². The van der Waals surface area contributed by atoms with Gasteiger partial charge in [-0.05, 0) is 96.0 Å². The molecule has 0 saturated carbocycles. The Bertz CT molecular complexity index is 2590. The van der Waals surface area contributed by atoms with E-state index < -0.39 is 0 Å². The minimum Gasteiger partial charge on any atom is -0.296 e. The van der Waals surface area contributed by atoms with Gasteiger partial charge in [-0.2, -0.15) is 0 Å². The van der Waals surface area contributed by atoms with Gasteiger partial charge in [-0.1, -0.05) is 140 Å².